The first-order valence-corrected chi connectivity index (χ1v) is 29.7. The number of thiazole rings is 1. The van der Waals surface area contributed by atoms with Gasteiger partial charge in [0.25, 0.3) is 0 Å². The number of likely N-dealkylation sites (N-methyl/N-ethyl adjacent to an activating group) is 1. The van der Waals surface area contributed by atoms with Gasteiger partial charge in [0.2, 0.25) is 29.5 Å². The molecule has 20 nitrogen and oxygen atoms in total. The molecule has 80 heavy (non-hydrogen) atoms. The van der Waals surface area contributed by atoms with E-state index in [2.05, 4.69) is 54.0 Å². The van der Waals surface area contributed by atoms with Crippen molar-refractivity contribution in [1.29, 1.82) is 0 Å². The summed E-state index contributed by atoms with van der Waals surface area (Å²) < 4.78 is 29.1. The number of fused-ring (bicyclic) bond motifs is 2. The van der Waals surface area contributed by atoms with Crippen LogP contribution in [0.4, 0.5) is 15.6 Å². The second-order valence-electron chi connectivity index (χ2n) is 21.4. The highest BCUT2D eigenvalue weighted by Crippen LogP contribution is 2.34. The van der Waals surface area contributed by atoms with Crippen LogP contribution in [0.2, 0.25) is 0 Å². The Bertz CT molecular complexity index is 2710. The predicted molar refractivity (Wildman–Crippen MR) is 305 cm³/mol. The van der Waals surface area contributed by atoms with E-state index in [0.29, 0.717) is 49.5 Å². The highest BCUT2D eigenvalue weighted by atomic mass is 32.1. The van der Waals surface area contributed by atoms with Crippen LogP contribution in [-0.2, 0) is 54.1 Å². The molecule has 1 saturated heterocycles. The quantitative estimate of drug-likeness (QED) is 0.0321. The third-order valence-electron chi connectivity index (χ3n) is 15.6. The van der Waals surface area contributed by atoms with E-state index < -0.39 is 30.3 Å². The molecule has 3 heterocycles. The molecule has 0 spiro atoms. The fourth-order valence-electron chi connectivity index (χ4n) is 11.1. The molecule has 5 atom stereocenters. The summed E-state index contributed by atoms with van der Waals surface area (Å²) >= 11 is 1.37. The Kier molecular flexibility index (Phi) is 23.0. The zero-order valence-corrected chi connectivity index (χ0v) is 47.5. The summed E-state index contributed by atoms with van der Waals surface area (Å²) in [4.78, 5) is 91.4. The normalized spacial score (nSPS) is 19.4. The number of likely N-dealkylation sites (tertiary alicyclic amines) is 1. The summed E-state index contributed by atoms with van der Waals surface area (Å²) in [6.45, 7) is 6.03. The number of amides is 6. The Hall–Kier alpha value is -6.10. The van der Waals surface area contributed by atoms with Crippen LogP contribution in [0, 0.1) is 12.8 Å². The number of hydrogen-bond acceptors (Lipinski definition) is 15. The van der Waals surface area contributed by atoms with E-state index in [0.717, 1.165) is 104 Å². The van der Waals surface area contributed by atoms with Crippen LogP contribution in [0.1, 0.15) is 126 Å². The van der Waals surface area contributed by atoms with Crippen molar-refractivity contribution in [2.45, 2.75) is 153 Å². The van der Waals surface area contributed by atoms with E-state index in [1.165, 1.54) is 23.3 Å². The number of aromatic nitrogens is 2. The SMILES string of the molecule is CN[C@@H](C)C(=O)N[C@H](C(=O)N1C[C@@H](NC(=O)CCOCCOCCOCCOCCC(=O)Nc2nc3ccc(-c4cnc(C)c(NC(=O)OC5CCCCC5)c4)cc3s2)C[C@H]1C(=O)NC1CCCc2ccccc21)C1CCCCC1. The van der Waals surface area contributed by atoms with Crippen LogP contribution < -0.4 is 31.9 Å². The van der Waals surface area contributed by atoms with E-state index in [4.69, 9.17) is 23.7 Å². The third kappa shape index (κ3) is 17.5. The third-order valence-corrected chi connectivity index (χ3v) is 16.6. The Morgan fingerprint density at radius 2 is 1.41 bits per heavy atom. The van der Waals surface area contributed by atoms with Crippen molar-refractivity contribution >= 4 is 68.0 Å². The Labute approximate surface area is 473 Å². The number of anilines is 2. The lowest BCUT2D eigenvalue weighted by atomic mass is 9.83. The first-order valence-electron chi connectivity index (χ1n) is 28.8. The van der Waals surface area contributed by atoms with Gasteiger partial charge in [-0.3, -0.25) is 34.3 Å². The second kappa shape index (κ2) is 30.6. The van der Waals surface area contributed by atoms with Gasteiger partial charge in [-0.25, -0.2) is 9.78 Å². The first kappa shape index (κ1) is 60.0. The van der Waals surface area contributed by atoms with Gasteiger partial charge in [-0.2, -0.15) is 0 Å². The number of ether oxygens (including phenoxy) is 5. The minimum atomic E-state index is -0.820. The summed E-state index contributed by atoms with van der Waals surface area (Å²) in [5.74, 6) is -1.33. The summed E-state index contributed by atoms with van der Waals surface area (Å²) in [5.41, 5.74) is 6.06. The standard InChI is InChI=1S/C59H81N9O11S/c1-38-49(65-59(74)79-45-17-8-5-9-18-45)33-43(36-61-38)42-21-22-48-51(34-42)80-58(64-48)66-53(70)24-26-76-28-30-78-32-31-77-29-27-75-25-23-52(69)62-44-35-50(56(72)63-47-20-12-16-40-13-10-11-19-46(40)47)68(37-44)57(73)54(41-14-6-4-7-15-41)67-55(71)39(2)60-3/h10-11,13,19,21-22,33-34,36,39,41,44-45,47,50,54,60H,4-9,12,14-18,20,23-32,35,37H2,1-3H3,(H,62,69)(H,63,72)(H,65,74)(H,67,71)(H,64,66,70)/t39-,44-,47?,50-,54-/m0/s1. The zero-order chi connectivity index (χ0) is 56.2. The fraction of sp³-hybridized carbons (Fsp3) is 0.593. The molecule has 4 aromatic rings. The highest BCUT2D eigenvalue weighted by molar-refractivity contribution is 7.22. The number of rotatable bonds is 27. The average Bonchev–Trinajstić information content (AvgIpc) is 4.09. The van der Waals surface area contributed by atoms with Crippen molar-refractivity contribution in [3.05, 3.63) is 71.5 Å². The van der Waals surface area contributed by atoms with Gasteiger partial charge in [0.1, 0.15) is 18.2 Å². The Balaban J connectivity index is 0.689. The average molecular weight is 1120 g/mol. The van der Waals surface area contributed by atoms with Gasteiger partial charge in [0, 0.05) is 30.8 Å². The predicted octanol–water partition coefficient (Wildman–Crippen LogP) is 7.29. The van der Waals surface area contributed by atoms with Gasteiger partial charge in [-0.1, -0.05) is 67.4 Å². The lowest BCUT2D eigenvalue weighted by Gasteiger charge is -2.35. The molecule has 0 radical (unpaired) electrons. The second-order valence-corrected chi connectivity index (χ2v) is 22.4. The van der Waals surface area contributed by atoms with Crippen LogP contribution in [-0.4, -0.2) is 147 Å². The number of nitrogens with one attached hydrogen (secondary N) is 6. The summed E-state index contributed by atoms with van der Waals surface area (Å²) in [6.07, 6.45) is 14.2. The van der Waals surface area contributed by atoms with E-state index in [9.17, 15) is 28.8 Å². The fourth-order valence-corrected chi connectivity index (χ4v) is 12.0. The number of carbonyl (C=O) groups is 6. The van der Waals surface area contributed by atoms with Gasteiger partial charge in [0.05, 0.1) is 93.0 Å². The van der Waals surface area contributed by atoms with Crippen LogP contribution in [0.3, 0.4) is 0 Å². The Morgan fingerprint density at radius 1 is 0.738 bits per heavy atom. The minimum Gasteiger partial charge on any atom is -0.446 e. The van der Waals surface area contributed by atoms with Gasteiger partial charge in [0.15, 0.2) is 5.13 Å². The highest BCUT2D eigenvalue weighted by Gasteiger charge is 2.45. The molecule has 2 saturated carbocycles. The maximum absolute atomic E-state index is 14.6. The van der Waals surface area contributed by atoms with Crippen molar-refractivity contribution in [2.75, 3.05) is 77.1 Å². The first-order chi connectivity index (χ1) is 38.9. The molecule has 1 unspecified atom stereocenters. The van der Waals surface area contributed by atoms with E-state index >= 15 is 0 Å². The van der Waals surface area contributed by atoms with Crippen LogP contribution in [0.15, 0.2) is 54.7 Å². The van der Waals surface area contributed by atoms with Gasteiger partial charge < -0.3 is 55.2 Å². The number of pyridine rings is 1. The lowest BCUT2D eigenvalue weighted by Crippen LogP contribution is -2.58. The molecule has 2 aromatic carbocycles. The zero-order valence-electron chi connectivity index (χ0n) is 46.7. The molecule has 4 aliphatic rings. The van der Waals surface area contributed by atoms with Crippen molar-refractivity contribution in [1.82, 2.24) is 36.1 Å². The molecule has 434 valence electrons. The molecule has 6 amide bonds. The molecule has 8 rings (SSSR count). The monoisotopic (exact) mass is 1120 g/mol. The molecule has 2 aromatic heterocycles. The number of nitrogens with zero attached hydrogens (tertiary/aromatic N) is 3. The summed E-state index contributed by atoms with van der Waals surface area (Å²) in [5, 5.41) is 18.5. The largest absolute Gasteiger partial charge is 0.446 e. The molecule has 1 aliphatic heterocycles. The van der Waals surface area contributed by atoms with E-state index in [-0.39, 0.29) is 93.2 Å². The van der Waals surface area contributed by atoms with E-state index in [1.807, 2.05) is 43.3 Å². The van der Waals surface area contributed by atoms with Gasteiger partial charge in [-0.05, 0) is 126 Å². The molecule has 0 bridgehead atoms. The van der Waals surface area contributed by atoms with Crippen molar-refractivity contribution in [3.63, 3.8) is 0 Å². The van der Waals surface area contributed by atoms with Gasteiger partial charge in [-0.15, -0.1) is 0 Å². The Morgan fingerprint density at radius 3 is 2.12 bits per heavy atom. The molecule has 21 heteroatoms. The lowest BCUT2D eigenvalue weighted by molar-refractivity contribution is -0.143. The van der Waals surface area contributed by atoms with E-state index in [1.54, 1.807) is 25.1 Å². The smallest absolute Gasteiger partial charge is 0.411 e. The molecule has 3 aliphatic carbocycles. The van der Waals surface area contributed by atoms with Crippen LogP contribution in [0.25, 0.3) is 21.3 Å². The van der Waals surface area contributed by atoms with Crippen molar-refractivity contribution in [3.8, 4) is 11.1 Å². The summed E-state index contributed by atoms with van der Waals surface area (Å²) in [7, 11) is 1.70. The summed E-state index contributed by atoms with van der Waals surface area (Å²) in [6, 6.07) is 13.1. The number of carbonyl (C=O) groups excluding carboxylic acids is 6. The van der Waals surface area contributed by atoms with Crippen LogP contribution in [0.5, 0.6) is 0 Å². The maximum Gasteiger partial charge on any atom is 0.411 e. The number of hydrogen-bond donors (Lipinski definition) is 6. The number of benzene rings is 2. The maximum atomic E-state index is 14.6. The topological polar surface area (TPSA) is 250 Å². The van der Waals surface area contributed by atoms with Gasteiger partial charge >= 0.3 is 6.09 Å². The number of aryl methyl sites for hydroxylation is 2. The van der Waals surface area contributed by atoms with Crippen LogP contribution >= 0.6 is 11.3 Å². The minimum absolute atomic E-state index is 0.0493. The molecule has 6 N–H and O–H groups in total. The molecular formula is C59H81N9O11S. The molecule has 3 fully saturated rings. The van der Waals surface area contributed by atoms with Crippen molar-refractivity contribution < 1.29 is 52.5 Å². The van der Waals surface area contributed by atoms with Crippen molar-refractivity contribution in [2.24, 2.45) is 5.92 Å². The molecular weight excluding hydrogens is 1040 g/mol.